The first kappa shape index (κ1) is 25.4. The number of carbonyl (C=O) groups is 2. The average molecular weight is 502 g/mol. The summed E-state index contributed by atoms with van der Waals surface area (Å²) in [5.41, 5.74) is 2.18. The van der Waals surface area contributed by atoms with Crippen LogP contribution in [0.2, 0.25) is 0 Å². The van der Waals surface area contributed by atoms with Crippen LogP contribution in [0.4, 0.5) is 18.9 Å². The van der Waals surface area contributed by atoms with Gasteiger partial charge in [0.25, 0.3) is 5.91 Å². The predicted octanol–water partition coefficient (Wildman–Crippen LogP) is 7.32. The Hall–Kier alpha value is -4.65. The number of carboxylic acids is 1. The molecule has 7 heteroatoms. The third kappa shape index (κ3) is 6.13. The number of halogens is 3. The van der Waals surface area contributed by atoms with Gasteiger partial charge >= 0.3 is 12.1 Å². The van der Waals surface area contributed by atoms with E-state index in [2.05, 4.69) is 0 Å². The van der Waals surface area contributed by atoms with Crippen LogP contribution in [0.25, 0.3) is 17.2 Å². The second kappa shape index (κ2) is 11.0. The molecule has 4 nitrogen and oxygen atoms in total. The molecule has 0 aromatic heterocycles. The first-order chi connectivity index (χ1) is 17.7. The maximum Gasteiger partial charge on any atom is 0.416 e. The number of alkyl halides is 3. The van der Waals surface area contributed by atoms with E-state index in [9.17, 15) is 22.8 Å². The van der Waals surface area contributed by atoms with Crippen molar-refractivity contribution < 1.29 is 27.9 Å². The zero-order valence-corrected chi connectivity index (χ0v) is 19.5. The van der Waals surface area contributed by atoms with Gasteiger partial charge in [-0.1, -0.05) is 72.8 Å². The van der Waals surface area contributed by atoms with Gasteiger partial charge in [-0.05, 0) is 58.7 Å². The normalized spacial score (nSPS) is 11.4. The van der Waals surface area contributed by atoms with E-state index < -0.39 is 23.6 Å². The van der Waals surface area contributed by atoms with Gasteiger partial charge in [-0.2, -0.15) is 13.2 Å². The minimum absolute atomic E-state index is 0.0208. The van der Waals surface area contributed by atoms with Crippen molar-refractivity contribution in [3.8, 4) is 11.1 Å². The van der Waals surface area contributed by atoms with Crippen LogP contribution < -0.4 is 4.90 Å². The summed E-state index contributed by atoms with van der Waals surface area (Å²) in [6.45, 7) is -0.277. The number of hydrogen-bond donors (Lipinski definition) is 1. The van der Waals surface area contributed by atoms with Crippen molar-refractivity contribution >= 4 is 23.6 Å². The number of anilines is 1. The number of hydrogen-bond acceptors (Lipinski definition) is 2. The molecule has 0 aliphatic rings. The summed E-state index contributed by atoms with van der Waals surface area (Å²) in [6, 6.07) is 27.7. The third-order valence-corrected chi connectivity index (χ3v) is 5.77. The highest BCUT2D eigenvalue weighted by Crippen LogP contribution is 2.34. The van der Waals surface area contributed by atoms with Gasteiger partial charge in [0.2, 0.25) is 0 Å². The summed E-state index contributed by atoms with van der Waals surface area (Å²) in [7, 11) is 0. The lowest BCUT2D eigenvalue weighted by Crippen LogP contribution is -2.31. The van der Waals surface area contributed by atoms with Gasteiger partial charge in [0.15, 0.2) is 0 Å². The molecule has 37 heavy (non-hydrogen) atoms. The van der Waals surface area contributed by atoms with E-state index in [1.165, 1.54) is 29.2 Å². The molecule has 0 atom stereocenters. The predicted molar refractivity (Wildman–Crippen MR) is 137 cm³/mol. The van der Waals surface area contributed by atoms with Gasteiger partial charge in [-0.25, -0.2) is 4.79 Å². The summed E-state index contributed by atoms with van der Waals surface area (Å²) in [5, 5.41) is 8.98. The number of carboxylic acid groups (broad SMARTS) is 1. The number of carbonyl (C=O) groups excluding carboxylic acids is 1. The maximum absolute atomic E-state index is 13.7. The van der Waals surface area contributed by atoms with Gasteiger partial charge in [-0.15, -0.1) is 0 Å². The van der Waals surface area contributed by atoms with Crippen LogP contribution in [0, 0.1) is 0 Å². The SMILES string of the molecule is O=C(O)/C=C/c1ccccc1-c1ccc(N(Cc2ccccc2C(F)(F)F)C(=O)c2ccccc2)cc1. The van der Waals surface area contributed by atoms with E-state index in [1.54, 1.807) is 66.7 Å². The van der Waals surface area contributed by atoms with Crippen LogP contribution in [0.3, 0.4) is 0 Å². The van der Waals surface area contributed by atoms with Crippen LogP contribution >= 0.6 is 0 Å². The van der Waals surface area contributed by atoms with Gasteiger partial charge in [0.1, 0.15) is 0 Å². The largest absolute Gasteiger partial charge is 0.478 e. The first-order valence-electron chi connectivity index (χ1n) is 11.4. The minimum Gasteiger partial charge on any atom is -0.478 e. The molecule has 0 saturated carbocycles. The fourth-order valence-corrected chi connectivity index (χ4v) is 4.01. The van der Waals surface area contributed by atoms with Crippen molar-refractivity contribution in [1.82, 2.24) is 0 Å². The van der Waals surface area contributed by atoms with E-state index in [0.29, 0.717) is 16.8 Å². The molecule has 0 saturated heterocycles. The van der Waals surface area contributed by atoms with E-state index in [4.69, 9.17) is 5.11 Å². The fourth-order valence-electron chi connectivity index (χ4n) is 4.01. The summed E-state index contributed by atoms with van der Waals surface area (Å²) < 4.78 is 41.0. The van der Waals surface area contributed by atoms with Crippen LogP contribution in [0.5, 0.6) is 0 Å². The molecular weight excluding hydrogens is 479 g/mol. The lowest BCUT2D eigenvalue weighted by molar-refractivity contribution is -0.138. The minimum atomic E-state index is -4.56. The summed E-state index contributed by atoms with van der Waals surface area (Å²) >= 11 is 0. The smallest absolute Gasteiger partial charge is 0.416 e. The molecule has 0 aliphatic carbocycles. The molecule has 0 unspecified atom stereocenters. The summed E-state index contributed by atoms with van der Waals surface area (Å²) in [5.74, 6) is -1.51. The van der Waals surface area contributed by atoms with Crippen LogP contribution in [-0.4, -0.2) is 17.0 Å². The van der Waals surface area contributed by atoms with Crippen molar-refractivity contribution in [1.29, 1.82) is 0 Å². The Bertz CT molecular complexity index is 1430. The lowest BCUT2D eigenvalue weighted by Gasteiger charge is -2.25. The Morgan fingerprint density at radius 2 is 1.41 bits per heavy atom. The number of amides is 1. The fraction of sp³-hybridized carbons (Fsp3) is 0.0667. The quantitative estimate of drug-likeness (QED) is 0.270. The molecule has 0 radical (unpaired) electrons. The van der Waals surface area contributed by atoms with E-state index in [1.807, 2.05) is 12.1 Å². The highest BCUT2D eigenvalue weighted by Gasteiger charge is 2.34. The number of benzene rings is 4. The van der Waals surface area contributed by atoms with Crippen molar-refractivity contribution in [3.63, 3.8) is 0 Å². The Morgan fingerprint density at radius 1 is 0.784 bits per heavy atom. The molecule has 0 bridgehead atoms. The number of aliphatic carboxylic acids is 1. The van der Waals surface area contributed by atoms with Gasteiger partial charge < -0.3 is 10.0 Å². The van der Waals surface area contributed by atoms with Crippen molar-refractivity contribution in [2.75, 3.05) is 4.90 Å². The molecule has 4 rings (SSSR count). The zero-order valence-electron chi connectivity index (χ0n) is 19.5. The molecule has 0 aliphatic heterocycles. The Kier molecular flexibility index (Phi) is 7.53. The van der Waals surface area contributed by atoms with Gasteiger partial charge in [-0.3, -0.25) is 4.79 Å². The second-order valence-corrected chi connectivity index (χ2v) is 8.22. The molecule has 186 valence electrons. The highest BCUT2D eigenvalue weighted by atomic mass is 19.4. The molecular formula is C30H22F3NO3. The van der Waals surface area contributed by atoms with Crippen LogP contribution in [0.15, 0.2) is 109 Å². The van der Waals surface area contributed by atoms with Gasteiger partial charge in [0.05, 0.1) is 12.1 Å². The van der Waals surface area contributed by atoms with Crippen molar-refractivity contribution in [2.45, 2.75) is 12.7 Å². The van der Waals surface area contributed by atoms with Crippen molar-refractivity contribution in [3.05, 3.63) is 131 Å². The lowest BCUT2D eigenvalue weighted by atomic mass is 9.98. The molecule has 4 aromatic carbocycles. The molecule has 1 N–H and O–H groups in total. The van der Waals surface area contributed by atoms with Crippen LogP contribution in [-0.2, 0) is 17.5 Å². The molecule has 4 aromatic rings. The topological polar surface area (TPSA) is 57.6 Å². The Labute approximate surface area is 211 Å². The summed E-state index contributed by atoms with van der Waals surface area (Å²) in [4.78, 5) is 25.7. The average Bonchev–Trinajstić information content (AvgIpc) is 2.90. The van der Waals surface area contributed by atoms with E-state index in [-0.39, 0.29) is 12.1 Å². The molecule has 0 heterocycles. The summed E-state index contributed by atoms with van der Waals surface area (Å²) in [6.07, 6.45) is -2.02. The molecule has 0 fully saturated rings. The number of nitrogens with zero attached hydrogens (tertiary/aromatic N) is 1. The van der Waals surface area contributed by atoms with E-state index in [0.717, 1.165) is 23.3 Å². The first-order valence-corrected chi connectivity index (χ1v) is 11.4. The Balaban J connectivity index is 1.74. The maximum atomic E-state index is 13.7. The Morgan fingerprint density at radius 3 is 2.08 bits per heavy atom. The third-order valence-electron chi connectivity index (χ3n) is 5.77. The van der Waals surface area contributed by atoms with Crippen LogP contribution in [0.1, 0.15) is 27.0 Å². The van der Waals surface area contributed by atoms with Gasteiger partial charge in [0, 0.05) is 17.3 Å². The zero-order chi connectivity index (χ0) is 26.4. The monoisotopic (exact) mass is 501 g/mol. The standard InChI is InChI=1S/C30H22F3NO3/c31-30(32,33)27-13-7-5-11-24(27)20-34(29(37)23-9-2-1-3-10-23)25-17-14-22(15-18-25)26-12-6-4-8-21(26)16-19-28(35)36/h1-19H,20H2,(H,35,36)/b19-16+. The molecule has 1 amide bonds. The van der Waals surface area contributed by atoms with E-state index >= 15 is 0 Å². The molecule has 0 spiro atoms. The van der Waals surface area contributed by atoms with Crippen molar-refractivity contribution in [2.24, 2.45) is 0 Å². The number of rotatable bonds is 7. The highest BCUT2D eigenvalue weighted by molar-refractivity contribution is 6.06. The second-order valence-electron chi connectivity index (χ2n) is 8.22.